The first-order valence-electron chi connectivity index (χ1n) is 7.39. The fraction of sp³-hybridized carbons (Fsp3) is 0.0556. The Balaban J connectivity index is 1.88. The Morgan fingerprint density at radius 3 is 2.52 bits per heavy atom. The van der Waals surface area contributed by atoms with Crippen LogP contribution in [0.5, 0.6) is 0 Å². The molecule has 0 amide bonds. The summed E-state index contributed by atoms with van der Waals surface area (Å²) in [6.07, 6.45) is 1.17. The molecular formula is C18H14FN3O3. The molecule has 0 bridgehead atoms. The highest BCUT2D eigenvalue weighted by molar-refractivity contribution is 5.87. The van der Waals surface area contributed by atoms with Crippen LogP contribution in [0, 0.1) is 11.2 Å². The predicted octanol–water partition coefficient (Wildman–Crippen LogP) is 2.76. The molecule has 0 saturated carbocycles. The first kappa shape index (κ1) is 16.4. The van der Waals surface area contributed by atoms with Crippen LogP contribution in [0.4, 0.5) is 4.39 Å². The van der Waals surface area contributed by atoms with E-state index < -0.39 is 17.3 Å². The molecule has 3 rings (SSSR count). The Morgan fingerprint density at radius 2 is 1.84 bits per heavy atom. The van der Waals surface area contributed by atoms with Gasteiger partial charge >= 0.3 is 5.97 Å². The van der Waals surface area contributed by atoms with Crippen LogP contribution in [0.1, 0.15) is 16.1 Å². The van der Waals surface area contributed by atoms with Crippen molar-refractivity contribution in [3.8, 4) is 11.3 Å². The van der Waals surface area contributed by atoms with Gasteiger partial charge in [0.1, 0.15) is 12.4 Å². The molecule has 25 heavy (non-hydrogen) atoms. The van der Waals surface area contributed by atoms with Gasteiger partial charge in [0.25, 0.3) is 0 Å². The highest BCUT2D eigenvalue weighted by atomic mass is 19.1. The number of rotatable bonds is 4. The van der Waals surface area contributed by atoms with E-state index in [0.717, 1.165) is 5.56 Å². The number of aromatic nitrogens is 2. The van der Waals surface area contributed by atoms with Crippen molar-refractivity contribution in [2.24, 2.45) is 0 Å². The summed E-state index contributed by atoms with van der Waals surface area (Å²) in [5.74, 6) is -1.25. The Bertz CT molecular complexity index is 954. The molecule has 1 aromatic heterocycles. The molecule has 3 aromatic rings. The average molecular weight is 339 g/mol. The maximum atomic E-state index is 13.0. The van der Waals surface area contributed by atoms with Crippen molar-refractivity contribution in [3.05, 3.63) is 83.4 Å². The SMILES string of the molecule is N=c1c(C(=O)OCc2ccccc2)nc(-c2ccc(F)cc2)cn1O. The number of hydrogen-bond donors (Lipinski definition) is 2. The topological polar surface area (TPSA) is 88.2 Å². The molecule has 6 nitrogen and oxygen atoms in total. The molecule has 0 fully saturated rings. The van der Waals surface area contributed by atoms with Crippen molar-refractivity contribution in [2.75, 3.05) is 0 Å². The minimum absolute atomic E-state index is 0.0208. The standard InChI is InChI=1S/C18H14FN3O3/c19-14-8-6-13(7-9-14)15-10-22(24)17(20)16(21-15)18(23)25-11-12-4-2-1-3-5-12/h1-10,20,24H,11H2. The van der Waals surface area contributed by atoms with Crippen LogP contribution >= 0.6 is 0 Å². The quantitative estimate of drug-likeness (QED) is 0.565. The molecular weight excluding hydrogens is 325 g/mol. The third kappa shape index (κ3) is 3.72. The van der Waals surface area contributed by atoms with E-state index in [0.29, 0.717) is 10.3 Å². The van der Waals surface area contributed by atoms with E-state index in [1.165, 1.54) is 30.5 Å². The monoisotopic (exact) mass is 339 g/mol. The van der Waals surface area contributed by atoms with Gasteiger partial charge in [0, 0.05) is 5.56 Å². The lowest BCUT2D eigenvalue weighted by molar-refractivity contribution is 0.0455. The van der Waals surface area contributed by atoms with Crippen LogP contribution in [0.2, 0.25) is 0 Å². The lowest BCUT2D eigenvalue weighted by atomic mass is 10.1. The molecule has 0 aliphatic heterocycles. The predicted molar refractivity (Wildman–Crippen MR) is 86.2 cm³/mol. The average Bonchev–Trinajstić information content (AvgIpc) is 2.63. The summed E-state index contributed by atoms with van der Waals surface area (Å²) < 4.78 is 18.7. The van der Waals surface area contributed by atoms with E-state index in [4.69, 9.17) is 10.1 Å². The Morgan fingerprint density at radius 1 is 1.16 bits per heavy atom. The number of esters is 1. The number of ether oxygens (including phenoxy) is 1. The molecule has 2 aromatic carbocycles. The number of hydrogen-bond acceptors (Lipinski definition) is 5. The molecule has 0 radical (unpaired) electrons. The highest BCUT2D eigenvalue weighted by Gasteiger charge is 2.16. The molecule has 0 aliphatic rings. The molecule has 1 heterocycles. The summed E-state index contributed by atoms with van der Waals surface area (Å²) in [6.45, 7) is 0.0208. The fourth-order valence-electron chi connectivity index (χ4n) is 2.18. The summed E-state index contributed by atoms with van der Waals surface area (Å²) in [5, 5.41) is 17.6. The van der Waals surface area contributed by atoms with E-state index in [9.17, 15) is 14.4 Å². The molecule has 7 heteroatoms. The number of nitrogens with one attached hydrogen (secondary N) is 1. The Kier molecular flexibility index (Phi) is 4.56. The van der Waals surface area contributed by atoms with Gasteiger partial charge in [-0.05, 0) is 29.8 Å². The zero-order valence-corrected chi connectivity index (χ0v) is 13.0. The highest BCUT2D eigenvalue weighted by Crippen LogP contribution is 2.16. The van der Waals surface area contributed by atoms with Crippen LogP contribution < -0.4 is 5.49 Å². The zero-order chi connectivity index (χ0) is 17.8. The van der Waals surface area contributed by atoms with Crippen molar-refractivity contribution in [1.82, 2.24) is 9.71 Å². The summed E-state index contributed by atoms with van der Waals surface area (Å²) in [6, 6.07) is 14.5. The Hall–Kier alpha value is -3.48. The normalized spacial score (nSPS) is 10.4. The second-order valence-corrected chi connectivity index (χ2v) is 5.24. The number of benzene rings is 2. The second-order valence-electron chi connectivity index (χ2n) is 5.24. The minimum Gasteiger partial charge on any atom is -0.456 e. The maximum Gasteiger partial charge on any atom is 0.361 e. The van der Waals surface area contributed by atoms with Gasteiger partial charge in [0.05, 0.1) is 11.9 Å². The van der Waals surface area contributed by atoms with E-state index in [-0.39, 0.29) is 18.0 Å². The van der Waals surface area contributed by atoms with Crippen molar-refractivity contribution in [2.45, 2.75) is 6.61 Å². The van der Waals surface area contributed by atoms with Crippen molar-refractivity contribution in [1.29, 1.82) is 5.41 Å². The molecule has 0 unspecified atom stereocenters. The van der Waals surface area contributed by atoms with Gasteiger partial charge in [-0.1, -0.05) is 30.3 Å². The van der Waals surface area contributed by atoms with Crippen LogP contribution in [-0.4, -0.2) is 20.9 Å². The third-order valence-electron chi connectivity index (χ3n) is 3.48. The van der Waals surface area contributed by atoms with E-state index in [1.54, 1.807) is 12.1 Å². The van der Waals surface area contributed by atoms with Gasteiger partial charge in [-0.3, -0.25) is 5.41 Å². The van der Waals surface area contributed by atoms with Gasteiger partial charge in [0.2, 0.25) is 0 Å². The van der Waals surface area contributed by atoms with Crippen LogP contribution in [0.3, 0.4) is 0 Å². The summed E-state index contributed by atoms with van der Waals surface area (Å²) in [7, 11) is 0. The van der Waals surface area contributed by atoms with Gasteiger partial charge in [-0.25, -0.2) is 14.2 Å². The van der Waals surface area contributed by atoms with Gasteiger partial charge in [-0.2, -0.15) is 4.73 Å². The number of halogens is 1. The lowest BCUT2D eigenvalue weighted by Gasteiger charge is -2.09. The summed E-state index contributed by atoms with van der Waals surface area (Å²) >= 11 is 0. The number of nitrogens with zero attached hydrogens (tertiary/aromatic N) is 2. The fourth-order valence-corrected chi connectivity index (χ4v) is 2.18. The third-order valence-corrected chi connectivity index (χ3v) is 3.48. The zero-order valence-electron chi connectivity index (χ0n) is 13.0. The van der Waals surface area contributed by atoms with Gasteiger partial charge < -0.3 is 9.94 Å². The first-order valence-corrected chi connectivity index (χ1v) is 7.39. The minimum atomic E-state index is -0.833. The number of carbonyl (C=O) groups is 1. The summed E-state index contributed by atoms with van der Waals surface area (Å²) in [5.41, 5.74) is 0.657. The van der Waals surface area contributed by atoms with Crippen LogP contribution in [-0.2, 0) is 11.3 Å². The molecule has 126 valence electrons. The Labute approximate surface area is 142 Å². The molecule has 0 atom stereocenters. The van der Waals surface area contributed by atoms with Crippen LogP contribution in [0.25, 0.3) is 11.3 Å². The van der Waals surface area contributed by atoms with Gasteiger partial charge in [0.15, 0.2) is 11.2 Å². The molecule has 0 aliphatic carbocycles. The molecule has 2 N–H and O–H groups in total. The lowest BCUT2D eigenvalue weighted by Crippen LogP contribution is -2.28. The largest absolute Gasteiger partial charge is 0.456 e. The van der Waals surface area contributed by atoms with E-state index in [2.05, 4.69) is 4.98 Å². The van der Waals surface area contributed by atoms with E-state index >= 15 is 0 Å². The van der Waals surface area contributed by atoms with Crippen molar-refractivity contribution in [3.63, 3.8) is 0 Å². The second kappa shape index (κ2) is 6.96. The van der Waals surface area contributed by atoms with Crippen molar-refractivity contribution < 1.29 is 19.1 Å². The molecule has 0 spiro atoms. The smallest absolute Gasteiger partial charge is 0.361 e. The van der Waals surface area contributed by atoms with Crippen molar-refractivity contribution >= 4 is 5.97 Å². The molecule has 0 saturated heterocycles. The van der Waals surface area contributed by atoms with Crippen LogP contribution in [0.15, 0.2) is 60.8 Å². The van der Waals surface area contributed by atoms with Gasteiger partial charge in [-0.15, -0.1) is 0 Å². The first-order chi connectivity index (χ1) is 12.0. The number of carbonyl (C=O) groups excluding carboxylic acids is 1. The van der Waals surface area contributed by atoms with E-state index in [1.807, 2.05) is 18.2 Å². The maximum absolute atomic E-state index is 13.0. The summed E-state index contributed by atoms with van der Waals surface area (Å²) in [4.78, 5) is 16.3.